The zero-order chi connectivity index (χ0) is 14.8. The van der Waals surface area contributed by atoms with Gasteiger partial charge in [0.25, 0.3) is 0 Å². The zero-order valence-electron chi connectivity index (χ0n) is 11.2. The molecule has 0 spiro atoms. The predicted octanol–water partition coefficient (Wildman–Crippen LogP) is 4.15. The summed E-state index contributed by atoms with van der Waals surface area (Å²) in [6.07, 6.45) is -0.160. The van der Waals surface area contributed by atoms with Crippen molar-refractivity contribution in [2.45, 2.75) is 12.5 Å². The van der Waals surface area contributed by atoms with Gasteiger partial charge in [0.2, 0.25) is 0 Å². The molecule has 0 saturated carbocycles. The number of hydrogen-bond acceptors (Lipinski definition) is 3. The second-order valence-corrected chi connectivity index (χ2v) is 6.16. The number of benzene rings is 2. The molecule has 3 nitrogen and oxygen atoms in total. The van der Waals surface area contributed by atoms with Crippen LogP contribution in [0.5, 0.6) is 11.5 Å². The minimum absolute atomic E-state index is 0.485. The molecule has 0 fully saturated rings. The average molecular weight is 370 g/mol. The quantitative estimate of drug-likeness (QED) is 0.883. The molecule has 1 aliphatic heterocycles. The molecule has 110 valence electrons. The van der Waals surface area contributed by atoms with E-state index in [0.717, 1.165) is 15.6 Å². The maximum Gasteiger partial charge on any atom is 0.162 e. The molecule has 2 aromatic carbocycles. The van der Waals surface area contributed by atoms with Crippen LogP contribution in [-0.4, -0.2) is 18.3 Å². The smallest absolute Gasteiger partial charge is 0.162 e. The summed E-state index contributed by atoms with van der Waals surface area (Å²) in [4.78, 5) is 0. The molecule has 1 unspecified atom stereocenters. The molecule has 0 amide bonds. The van der Waals surface area contributed by atoms with E-state index in [2.05, 4.69) is 15.9 Å². The van der Waals surface area contributed by atoms with Gasteiger partial charge >= 0.3 is 0 Å². The van der Waals surface area contributed by atoms with E-state index in [1.807, 2.05) is 36.4 Å². The van der Waals surface area contributed by atoms with Crippen molar-refractivity contribution in [2.75, 3.05) is 13.2 Å². The lowest BCUT2D eigenvalue weighted by atomic mass is 10.0. The normalized spacial score (nSPS) is 14.8. The van der Waals surface area contributed by atoms with Gasteiger partial charge in [0.1, 0.15) is 13.2 Å². The molecule has 1 N–H and O–H groups in total. The van der Waals surface area contributed by atoms with Crippen molar-refractivity contribution in [1.29, 1.82) is 0 Å². The first kappa shape index (κ1) is 14.7. The molecule has 3 rings (SSSR count). The third-order valence-electron chi connectivity index (χ3n) is 3.34. The summed E-state index contributed by atoms with van der Waals surface area (Å²) in [6, 6.07) is 11.2. The molecular formula is C16H14BrClO3. The highest BCUT2D eigenvalue weighted by atomic mass is 79.9. The van der Waals surface area contributed by atoms with Gasteiger partial charge in [-0.25, -0.2) is 0 Å². The molecule has 1 heterocycles. The monoisotopic (exact) mass is 368 g/mol. The first-order valence-electron chi connectivity index (χ1n) is 6.65. The number of ether oxygens (including phenoxy) is 2. The summed E-state index contributed by atoms with van der Waals surface area (Å²) in [7, 11) is 0. The zero-order valence-corrected chi connectivity index (χ0v) is 13.5. The summed E-state index contributed by atoms with van der Waals surface area (Å²) < 4.78 is 11.9. The Hall–Kier alpha value is -1.23. The maximum absolute atomic E-state index is 10.5. The average Bonchev–Trinajstić information content (AvgIpc) is 2.46. The molecule has 0 aromatic heterocycles. The van der Waals surface area contributed by atoms with Crippen molar-refractivity contribution in [3.05, 3.63) is 57.0 Å². The molecule has 0 aliphatic carbocycles. The van der Waals surface area contributed by atoms with Crippen molar-refractivity contribution in [2.24, 2.45) is 0 Å². The molecule has 21 heavy (non-hydrogen) atoms. The Morgan fingerprint density at radius 1 is 1.14 bits per heavy atom. The predicted molar refractivity (Wildman–Crippen MR) is 85.2 cm³/mol. The van der Waals surface area contributed by atoms with Crippen LogP contribution in [-0.2, 0) is 6.42 Å². The Labute approximate surface area is 136 Å². The van der Waals surface area contributed by atoms with Gasteiger partial charge < -0.3 is 14.6 Å². The van der Waals surface area contributed by atoms with E-state index in [9.17, 15) is 5.11 Å². The van der Waals surface area contributed by atoms with Crippen molar-refractivity contribution >= 4 is 27.5 Å². The van der Waals surface area contributed by atoms with E-state index in [1.165, 1.54) is 0 Å². The van der Waals surface area contributed by atoms with Gasteiger partial charge in [0.15, 0.2) is 11.5 Å². The second-order valence-electron chi connectivity index (χ2n) is 4.87. The Balaban J connectivity index is 1.85. The van der Waals surface area contributed by atoms with Crippen LogP contribution in [0, 0.1) is 0 Å². The van der Waals surface area contributed by atoms with E-state index in [1.54, 1.807) is 0 Å². The first-order valence-corrected chi connectivity index (χ1v) is 7.82. The molecular weight excluding hydrogens is 356 g/mol. The Morgan fingerprint density at radius 3 is 2.57 bits per heavy atom. The van der Waals surface area contributed by atoms with Crippen molar-refractivity contribution in [3.8, 4) is 11.5 Å². The van der Waals surface area contributed by atoms with Crippen LogP contribution in [0.3, 0.4) is 0 Å². The first-order chi connectivity index (χ1) is 10.1. The highest BCUT2D eigenvalue weighted by Gasteiger charge is 2.19. The largest absolute Gasteiger partial charge is 0.486 e. The lowest BCUT2D eigenvalue weighted by Gasteiger charge is -2.21. The van der Waals surface area contributed by atoms with E-state index in [4.69, 9.17) is 21.1 Å². The van der Waals surface area contributed by atoms with Crippen LogP contribution in [0.15, 0.2) is 40.9 Å². The summed E-state index contributed by atoms with van der Waals surface area (Å²) >= 11 is 9.46. The number of rotatable bonds is 3. The fraction of sp³-hybridized carbons (Fsp3) is 0.250. The number of aliphatic hydroxyl groups excluding tert-OH is 1. The van der Waals surface area contributed by atoms with Gasteiger partial charge in [-0.1, -0.05) is 39.7 Å². The van der Waals surface area contributed by atoms with Gasteiger partial charge in [0.05, 0.1) is 6.10 Å². The third kappa shape index (κ3) is 3.34. The van der Waals surface area contributed by atoms with Crippen LogP contribution in [0.4, 0.5) is 0 Å². The molecule has 0 radical (unpaired) electrons. The molecule has 1 aliphatic rings. The lowest BCUT2D eigenvalue weighted by Crippen LogP contribution is -2.16. The van der Waals surface area contributed by atoms with E-state index >= 15 is 0 Å². The van der Waals surface area contributed by atoms with Crippen LogP contribution in [0.2, 0.25) is 5.02 Å². The van der Waals surface area contributed by atoms with Gasteiger partial charge in [-0.2, -0.15) is 0 Å². The maximum atomic E-state index is 10.5. The molecule has 0 saturated heterocycles. The minimum Gasteiger partial charge on any atom is -0.486 e. The summed E-state index contributed by atoms with van der Waals surface area (Å²) in [5, 5.41) is 11.1. The van der Waals surface area contributed by atoms with Gasteiger partial charge in [-0.05, 0) is 35.4 Å². The molecule has 5 heteroatoms. The summed E-state index contributed by atoms with van der Waals surface area (Å²) in [6.45, 7) is 1.07. The van der Waals surface area contributed by atoms with Crippen LogP contribution >= 0.6 is 27.5 Å². The fourth-order valence-corrected chi connectivity index (χ4v) is 3.13. The van der Waals surface area contributed by atoms with E-state index in [-0.39, 0.29) is 0 Å². The SMILES string of the molecule is OC(Cc1cccc(Cl)c1)c1cc2c(cc1Br)OCCO2. The third-order valence-corrected chi connectivity index (χ3v) is 4.26. The van der Waals surface area contributed by atoms with Crippen molar-refractivity contribution < 1.29 is 14.6 Å². The molecule has 0 bridgehead atoms. The highest BCUT2D eigenvalue weighted by molar-refractivity contribution is 9.10. The minimum atomic E-state index is -0.645. The van der Waals surface area contributed by atoms with Crippen LogP contribution < -0.4 is 9.47 Å². The lowest BCUT2D eigenvalue weighted by molar-refractivity contribution is 0.164. The fourth-order valence-electron chi connectivity index (χ4n) is 2.33. The van der Waals surface area contributed by atoms with Crippen molar-refractivity contribution in [3.63, 3.8) is 0 Å². The Morgan fingerprint density at radius 2 is 1.86 bits per heavy atom. The number of halogens is 2. The number of hydrogen-bond donors (Lipinski definition) is 1. The van der Waals surface area contributed by atoms with Crippen LogP contribution in [0.25, 0.3) is 0 Å². The topological polar surface area (TPSA) is 38.7 Å². The summed E-state index contributed by atoms with van der Waals surface area (Å²) in [5.41, 5.74) is 1.76. The molecule has 1 atom stereocenters. The Bertz CT molecular complexity index is 660. The Kier molecular flexibility index (Phi) is 4.38. The van der Waals surface area contributed by atoms with E-state index < -0.39 is 6.10 Å². The second kappa shape index (κ2) is 6.26. The molecule has 2 aromatic rings. The van der Waals surface area contributed by atoms with E-state index in [0.29, 0.717) is 36.2 Å². The van der Waals surface area contributed by atoms with Gasteiger partial charge in [0, 0.05) is 15.9 Å². The van der Waals surface area contributed by atoms with Crippen LogP contribution in [0.1, 0.15) is 17.2 Å². The van der Waals surface area contributed by atoms with Gasteiger partial charge in [-0.3, -0.25) is 0 Å². The number of aliphatic hydroxyl groups is 1. The summed E-state index contributed by atoms with van der Waals surface area (Å²) in [5.74, 6) is 1.37. The number of fused-ring (bicyclic) bond motifs is 1. The standard InChI is InChI=1S/C16H14BrClO3/c17-13-9-16-15(20-4-5-21-16)8-12(13)14(19)7-10-2-1-3-11(18)6-10/h1-3,6,8-9,14,19H,4-5,7H2. The van der Waals surface area contributed by atoms with Gasteiger partial charge in [-0.15, -0.1) is 0 Å². The highest BCUT2D eigenvalue weighted by Crippen LogP contribution is 2.38. The van der Waals surface area contributed by atoms with Crippen molar-refractivity contribution in [1.82, 2.24) is 0 Å².